The lowest BCUT2D eigenvalue weighted by Gasteiger charge is -2.08. The molecule has 0 aliphatic carbocycles. The summed E-state index contributed by atoms with van der Waals surface area (Å²) < 4.78 is 1.80. The lowest BCUT2D eigenvalue weighted by atomic mass is 10.2. The van der Waals surface area contributed by atoms with Crippen molar-refractivity contribution in [2.75, 3.05) is 11.9 Å². The number of rotatable bonds is 5. The predicted molar refractivity (Wildman–Crippen MR) is 89.5 cm³/mol. The minimum absolute atomic E-state index is 0.192. The number of carbonyl (C=O) groups is 1. The van der Waals surface area contributed by atoms with Crippen molar-refractivity contribution in [2.24, 2.45) is 0 Å². The highest BCUT2D eigenvalue weighted by Gasteiger charge is 2.13. The Labute approximate surface area is 134 Å². The Morgan fingerprint density at radius 1 is 1.17 bits per heavy atom. The average molecular weight is 309 g/mol. The van der Waals surface area contributed by atoms with Gasteiger partial charge in [0.05, 0.1) is 5.56 Å². The number of hydrogen-bond donors (Lipinski definition) is 2. The van der Waals surface area contributed by atoms with Gasteiger partial charge in [0.2, 0.25) is 0 Å². The first kappa shape index (κ1) is 15.2. The van der Waals surface area contributed by atoms with E-state index in [4.69, 9.17) is 0 Å². The Morgan fingerprint density at radius 2 is 1.96 bits per heavy atom. The molecule has 3 rings (SSSR count). The highest BCUT2D eigenvalue weighted by Crippen LogP contribution is 2.14. The Kier molecular flexibility index (Phi) is 4.34. The van der Waals surface area contributed by atoms with Gasteiger partial charge in [0.1, 0.15) is 5.82 Å². The van der Waals surface area contributed by atoms with Gasteiger partial charge in [-0.1, -0.05) is 19.1 Å². The van der Waals surface area contributed by atoms with E-state index < -0.39 is 0 Å². The van der Waals surface area contributed by atoms with Crippen LogP contribution in [0.5, 0.6) is 0 Å². The van der Waals surface area contributed by atoms with Gasteiger partial charge < -0.3 is 10.6 Å². The molecule has 0 saturated heterocycles. The Morgan fingerprint density at radius 3 is 2.70 bits per heavy atom. The molecule has 0 spiro atoms. The van der Waals surface area contributed by atoms with Gasteiger partial charge in [-0.15, -0.1) is 10.2 Å². The molecular weight excluding hydrogens is 290 g/mol. The highest BCUT2D eigenvalue weighted by atomic mass is 16.1. The van der Waals surface area contributed by atoms with E-state index in [9.17, 15) is 4.79 Å². The summed E-state index contributed by atoms with van der Waals surface area (Å²) >= 11 is 0. The number of nitrogens with one attached hydrogen (secondary N) is 2. The van der Waals surface area contributed by atoms with E-state index in [1.807, 2.05) is 43.5 Å². The molecule has 0 aliphatic heterocycles. The molecule has 6 nitrogen and oxygen atoms in total. The molecule has 3 aromatic rings. The molecule has 1 amide bonds. The minimum Gasteiger partial charge on any atom is -0.322 e. The van der Waals surface area contributed by atoms with Crippen molar-refractivity contribution in [3.63, 3.8) is 0 Å². The second kappa shape index (κ2) is 6.58. The number of anilines is 1. The molecule has 0 unspecified atom stereocenters. The van der Waals surface area contributed by atoms with E-state index in [-0.39, 0.29) is 5.91 Å². The summed E-state index contributed by atoms with van der Waals surface area (Å²) in [5.41, 5.74) is 3.00. The van der Waals surface area contributed by atoms with Crippen LogP contribution in [-0.2, 0) is 6.54 Å². The lowest BCUT2D eigenvalue weighted by molar-refractivity contribution is 0.102. The van der Waals surface area contributed by atoms with Crippen LogP contribution in [0.4, 0.5) is 5.69 Å². The number of aryl methyl sites for hydroxylation is 1. The maximum atomic E-state index is 12.5. The summed E-state index contributed by atoms with van der Waals surface area (Å²) in [7, 11) is 0. The van der Waals surface area contributed by atoms with Crippen molar-refractivity contribution in [2.45, 2.75) is 20.4 Å². The highest BCUT2D eigenvalue weighted by molar-refractivity contribution is 6.08. The van der Waals surface area contributed by atoms with Crippen LogP contribution in [-0.4, -0.2) is 27.0 Å². The van der Waals surface area contributed by atoms with Gasteiger partial charge in [0, 0.05) is 18.4 Å². The quantitative estimate of drug-likeness (QED) is 0.759. The molecule has 1 aromatic carbocycles. The number of carbonyl (C=O) groups excluding carboxylic acids is 1. The molecule has 0 saturated carbocycles. The van der Waals surface area contributed by atoms with Gasteiger partial charge in [-0.3, -0.25) is 9.20 Å². The molecule has 118 valence electrons. The number of fused-ring (bicyclic) bond motifs is 1. The van der Waals surface area contributed by atoms with Gasteiger partial charge >= 0.3 is 0 Å². The van der Waals surface area contributed by atoms with Gasteiger partial charge in [0.25, 0.3) is 5.91 Å². The second-order valence-corrected chi connectivity index (χ2v) is 5.29. The van der Waals surface area contributed by atoms with E-state index in [2.05, 4.69) is 27.8 Å². The number of pyridine rings is 1. The molecule has 2 heterocycles. The number of aromatic nitrogens is 3. The SMILES string of the molecule is CCNCc1ccc(NC(=O)c2cccn3c(C)nnc23)cc1. The summed E-state index contributed by atoms with van der Waals surface area (Å²) in [6, 6.07) is 11.4. The van der Waals surface area contributed by atoms with Crippen LogP contribution < -0.4 is 10.6 Å². The van der Waals surface area contributed by atoms with E-state index in [1.165, 1.54) is 5.56 Å². The Balaban J connectivity index is 1.78. The van der Waals surface area contributed by atoms with Crippen LogP contribution >= 0.6 is 0 Å². The fourth-order valence-electron chi connectivity index (χ4n) is 2.38. The summed E-state index contributed by atoms with van der Waals surface area (Å²) in [5.74, 6) is 0.560. The molecule has 0 aliphatic rings. The van der Waals surface area contributed by atoms with Gasteiger partial charge in [-0.05, 0) is 43.3 Å². The second-order valence-electron chi connectivity index (χ2n) is 5.29. The smallest absolute Gasteiger partial charge is 0.259 e. The zero-order valence-corrected chi connectivity index (χ0v) is 13.2. The largest absolute Gasteiger partial charge is 0.322 e. The number of hydrogen-bond acceptors (Lipinski definition) is 4. The molecular formula is C17H19N5O. The summed E-state index contributed by atoms with van der Waals surface area (Å²) in [4.78, 5) is 12.5. The topological polar surface area (TPSA) is 71.3 Å². The van der Waals surface area contributed by atoms with Gasteiger partial charge in [0.15, 0.2) is 5.65 Å². The summed E-state index contributed by atoms with van der Waals surface area (Å²) in [5, 5.41) is 14.3. The number of amides is 1. The van der Waals surface area contributed by atoms with E-state index >= 15 is 0 Å². The van der Waals surface area contributed by atoms with Crippen LogP contribution in [0.15, 0.2) is 42.6 Å². The molecule has 2 aromatic heterocycles. The van der Waals surface area contributed by atoms with Crippen LogP contribution in [0.1, 0.15) is 28.7 Å². The Bertz CT molecular complexity index is 823. The lowest BCUT2D eigenvalue weighted by Crippen LogP contribution is -2.14. The number of nitrogens with zero attached hydrogens (tertiary/aromatic N) is 3. The maximum Gasteiger partial charge on any atom is 0.259 e. The third-order valence-electron chi connectivity index (χ3n) is 3.64. The fourth-order valence-corrected chi connectivity index (χ4v) is 2.38. The normalized spacial score (nSPS) is 10.9. The third kappa shape index (κ3) is 3.22. The van der Waals surface area contributed by atoms with Crippen LogP contribution in [0, 0.1) is 6.92 Å². The number of benzene rings is 1. The Hall–Kier alpha value is -2.73. The fraction of sp³-hybridized carbons (Fsp3) is 0.235. The van der Waals surface area contributed by atoms with Crippen molar-refractivity contribution in [3.05, 3.63) is 59.5 Å². The minimum atomic E-state index is -0.192. The maximum absolute atomic E-state index is 12.5. The zero-order valence-electron chi connectivity index (χ0n) is 13.2. The summed E-state index contributed by atoms with van der Waals surface area (Å²) in [6.45, 7) is 5.68. The van der Waals surface area contributed by atoms with Gasteiger partial charge in [-0.2, -0.15) is 0 Å². The molecule has 0 radical (unpaired) electrons. The van der Waals surface area contributed by atoms with Crippen LogP contribution in [0.2, 0.25) is 0 Å². The predicted octanol–water partition coefficient (Wildman–Crippen LogP) is 2.40. The van der Waals surface area contributed by atoms with Crippen LogP contribution in [0.3, 0.4) is 0 Å². The van der Waals surface area contributed by atoms with Crippen molar-refractivity contribution >= 4 is 17.2 Å². The van der Waals surface area contributed by atoms with E-state index in [1.54, 1.807) is 10.5 Å². The summed E-state index contributed by atoms with van der Waals surface area (Å²) in [6.07, 6.45) is 1.84. The van der Waals surface area contributed by atoms with Crippen LogP contribution in [0.25, 0.3) is 5.65 Å². The molecule has 0 bridgehead atoms. The average Bonchev–Trinajstić information content (AvgIpc) is 2.95. The van der Waals surface area contributed by atoms with Crippen molar-refractivity contribution < 1.29 is 4.79 Å². The molecule has 23 heavy (non-hydrogen) atoms. The molecule has 6 heteroatoms. The van der Waals surface area contributed by atoms with Crippen molar-refractivity contribution in [3.8, 4) is 0 Å². The van der Waals surface area contributed by atoms with Crippen molar-refractivity contribution in [1.82, 2.24) is 19.9 Å². The van der Waals surface area contributed by atoms with E-state index in [0.29, 0.717) is 11.2 Å². The first-order valence-corrected chi connectivity index (χ1v) is 7.60. The van der Waals surface area contributed by atoms with Crippen molar-refractivity contribution in [1.29, 1.82) is 0 Å². The molecule has 2 N–H and O–H groups in total. The third-order valence-corrected chi connectivity index (χ3v) is 3.64. The standard InChI is InChI=1S/C17H19N5O/c1-3-18-11-13-6-8-14(9-7-13)19-17(23)15-5-4-10-22-12(2)20-21-16(15)22/h4-10,18H,3,11H2,1-2H3,(H,19,23). The first-order chi connectivity index (χ1) is 11.2. The van der Waals surface area contributed by atoms with Gasteiger partial charge in [-0.25, -0.2) is 0 Å². The monoisotopic (exact) mass is 309 g/mol. The van der Waals surface area contributed by atoms with E-state index in [0.717, 1.165) is 24.6 Å². The molecule has 0 fully saturated rings. The molecule has 0 atom stereocenters. The first-order valence-electron chi connectivity index (χ1n) is 7.60. The zero-order chi connectivity index (χ0) is 16.2.